The van der Waals surface area contributed by atoms with Crippen LogP contribution in [0.4, 0.5) is 0 Å². The van der Waals surface area contributed by atoms with Gasteiger partial charge in [0.15, 0.2) is 5.03 Å². The zero-order valence-electron chi connectivity index (χ0n) is 13.0. The van der Waals surface area contributed by atoms with Crippen LogP contribution in [0.25, 0.3) is 0 Å². The van der Waals surface area contributed by atoms with Gasteiger partial charge in [0, 0.05) is 31.2 Å². The van der Waals surface area contributed by atoms with E-state index in [1.807, 2.05) is 27.7 Å². The number of aromatic amines is 1. The number of nitrogens with zero attached hydrogens (tertiary/aromatic N) is 2. The highest BCUT2D eigenvalue weighted by molar-refractivity contribution is 7.89. The van der Waals surface area contributed by atoms with Crippen molar-refractivity contribution < 1.29 is 13.2 Å². The standard InChI is InChI=1S/C13H24N4O3S/c1-9(2)14-5-12-6-15-16-13(12)21(18,19)17-7-10(3)20-11(4)8-17/h6,9-11,14H,5,7-8H2,1-4H3,(H,15,16). The molecule has 2 atom stereocenters. The van der Waals surface area contributed by atoms with Gasteiger partial charge in [0.2, 0.25) is 0 Å². The molecule has 0 radical (unpaired) electrons. The van der Waals surface area contributed by atoms with Crippen molar-refractivity contribution in [1.82, 2.24) is 19.8 Å². The van der Waals surface area contributed by atoms with Crippen LogP contribution in [0.3, 0.4) is 0 Å². The number of rotatable bonds is 5. The highest BCUT2D eigenvalue weighted by Crippen LogP contribution is 2.22. The van der Waals surface area contributed by atoms with E-state index in [1.165, 1.54) is 4.31 Å². The maximum absolute atomic E-state index is 12.8. The molecule has 2 rings (SSSR count). The van der Waals surface area contributed by atoms with Gasteiger partial charge in [-0.05, 0) is 13.8 Å². The summed E-state index contributed by atoms with van der Waals surface area (Å²) in [6, 6.07) is 0.277. The lowest BCUT2D eigenvalue weighted by Gasteiger charge is -2.34. The number of ether oxygens (including phenoxy) is 1. The molecule has 0 aromatic carbocycles. The van der Waals surface area contributed by atoms with E-state index in [9.17, 15) is 8.42 Å². The summed E-state index contributed by atoms with van der Waals surface area (Å²) in [7, 11) is -3.57. The molecule has 0 spiro atoms. The number of hydrogen-bond acceptors (Lipinski definition) is 5. The van der Waals surface area contributed by atoms with E-state index in [2.05, 4.69) is 15.5 Å². The van der Waals surface area contributed by atoms with Crippen LogP contribution in [0.1, 0.15) is 33.3 Å². The van der Waals surface area contributed by atoms with Crippen molar-refractivity contribution in [3.63, 3.8) is 0 Å². The fraction of sp³-hybridized carbons (Fsp3) is 0.769. The van der Waals surface area contributed by atoms with E-state index in [4.69, 9.17) is 4.74 Å². The highest BCUT2D eigenvalue weighted by atomic mass is 32.2. The molecule has 2 unspecified atom stereocenters. The van der Waals surface area contributed by atoms with Gasteiger partial charge in [-0.2, -0.15) is 9.40 Å². The molecule has 2 heterocycles. The smallest absolute Gasteiger partial charge is 0.260 e. The third-order valence-electron chi connectivity index (χ3n) is 3.36. The fourth-order valence-electron chi connectivity index (χ4n) is 2.42. The molecule has 0 amide bonds. The van der Waals surface area contributed by atoms with E-state index in [1.54, 1.807) is 6.20 Å². The Balaban J connectivity index is 2.21. The third kappa shape index (κ3) is 3.82. The number of morpholine rings is 1. The van der Waals surface area contributed by atoms with Gasteiger partial charge >= 0.3 is 0 Å². The van der Waals surface area contributed by atoms with Crippen LogP contribution in [0.5, 0.6) is 0 Å². The molecule has 1 aromatic heterocycles. The molecule has 8 heteroatoms. The van der Waals surface area contributed by atoms with Crippen LogP contribution >= 0.6 is 0 Å². The van der Waals surface area contributed by atoms with Gasteiger partial charge in [-0.25, -0.2) is 8.42 Å². The third-order valence-corrected chi connectivity index (χ3v) is 5.21. The van der Waals surface area contributed by atoms with Crippen LogP contribution in [0, 0.1) is 0 Å². The van der Waals surface area contributed by atoms with E-state index in [-0.39, 0.29) is 23.3 Å². The molecular formula is C13H24N4O3S. The molecule has 1 fully saturated rings. The van der Waals surface area contributed by atoms with Crippen LogP contribution in [0.2, 0.25) is 0 Å². The number of nitrogens with one attached hydrogen (secondary N) is 2. The summed E-state index contributed by atoms with van der Waals surface area (Å²) in [6.45, 7) is 8.99. The second-order valence-electron chi connectivity index (χ2n) is 5.84. The van der Waals surface area contributed by atoms with Crippen molar-refractivity contribution in [3.8, 4) is 0 Å². The molecular weight excluding hydrogens is 292 g/mol. The minimum absolute atomic E-state index is 0.108. The molecule has 1 aliphatic heterocycles. The summed E-state index contributed by atoms with van der Waals surface area (Å²) >= 11 is 0. The van der Waals surface area contributed by atoms with E-state index in [0.717, 1.165) is 0 Å². The lowest BCUT2D eigenvalue weighted by molar-refractivity contribution is -0.0441. The molecule has 2 N–H and O–H groups in total. The maximum atomic E-state index is 12.8. The quantitative estimate of drug-likeness (QED) is 0.835. The average Bonchev–Trinajstić information content (AvgIpc) is 2.84. The predicted octanol–water partition coefficient (Wildman–Crippen LogP) is 0.706. The fourth-order valence-corrected chi connectivity index (χ4v) is 4.11. The molecule has 0 bridgehead atoms. The summed E-state index contributed by atoms with van der Waals surface area (Å²) in [5.74, 6) is 0. The van der Waals surface area contributed by atoms with Gasteiger partial charge in [0.25, 0.3) is 10.0 Å². The number of H-pyrrole nitrogens is 1. The Kier molecular flexibility index (Phi) is 5.03. The van der Waals surface area contributed by atoms with Crippen molar-refractivity contribution in [2.24, 2.45) is 0 Å². The van der Waals surface area contributed by atoms with Crippen molar-refractivity contribution in [1.29, 1.82) is 0 Å². The van der Waals surface area contributed by atoms with Gasteiger partial charge in [-0.1, -0.05) is 13.8 Å². The minimum Gasteiger partial charge on any atom is -0.373 e. The largest absolute Gasteiger partial charge is 0.373 e. The summed E-state index contributed by atoms with van der Waals surface area (Å²) in [6.07, 6.45) is 1.35. The summed E-state index contributed by atoms with van der Waals surface area (Å²) in [5, 5.41) is 9.92. The van der Waals surface area contributed by atoms with Crippen molar-refractivity contribution in [3.05, 3.63) is 11.8 Å². The minimum atomic E-state index is -3.57. The molecule has 21 heavy (non-hydrogen) atoms. The topological polar surface area (TPSA) is 87.3 Å². The molecule has 1 saturated heterocycles. The van der Waals surface area contributed by atoms with Crippen LogP contribution in [-0.2, 0) is 21.3 Å². The molecule has 0 saturated carbocycles. The Labute approximate surface area is 126 Å². The Morgan fingerprint density at radius 2 is 2.05 bits per heavy atom. The zero-order valence-corrected chi connectivity index (χ0v) is 13.8. The van der Waals surface area contributed by atoms with Crippen molar-refractivity contribution in [2.45, 2.75) is 57.5 Å². The Bertz CT molecular complexity index is 560. The Morgan fingerprint density at radius 1 is 1.43 bits per heavy atom. The first-order valence-electron chi connectivity index (χ1n) is 7.22. The van der Waals surface area contributed by atoms with Crippen molar-refractivity contribution in [2.75, 3.05) is 13.1 Å². The van der Waals surface area contributed by atoms with Crippen LogP contribution in [0.15, 0.2) is 11.2 Å². The van der Waals surface area contributed by atoms with Crippen molar-refractivity contribution >= 4 is 10.0 Å². The van der Waals surface area contributed by atoms with Gasteiger partial charge in [0.1, 0.15) is 0 Å². The summed E-state index contributed by atoms with van der Waals surface area (Å²) in [4.78, 5) is 0. The van der Waals surface area contributed by atoms with Gasteiger partial charge < -0.3 is 10.1 Å². The normalized spacial score (nSPS) is 24.6. The number of sulfonamides is 1. The SMILES string of the molecule is CC(C)NCc1cn[nH]c1S(=O)(=O)N1CC(C)OC(C)C1. The average molecular weight is 316 g/mol. The molecule has 1 aromatic rings. The Morgan fingerprint density at radius 3 is 2.62 bits per heavy atom. The molecule has 7 nitrogen and oxygen atoms in total. The maximum Gasteiger partial charge on any atom is 0.260 e. The summed E-state index contributed by atoms with van der Waals surface area (Å²) in [5.41, 5.74) is 0.662. The second kappa shape index (κ2) is 6.43. The highest BCUT2D eigenvalue weighted by Gasteiger charge is 2.34. The molecule has 0 aliphatic carbocycles. The van der Waals surface area contributed by atoms with Gasteiger partial charge in [0.05, 0.1) is 18.4 Å². The lowest BCUT2D eigenvalue weighted by Crippen LogP contribution is -2.48. The van der Waals surface area contributed by atoms with Gasteiger partial charge in [-0.3, -0.25) is 5.10 Å². The van der Waals surface area contributed by atoms with E-state index < -0.39 is 10.0 Å². The zero-order chi connectivity index (χ0) is 15.6. The van der Waals surface area contributed by atoms with E-state index in [0.29, 0.717) is 25.2 Å². The summed E-state index contributed by atoms with van der Waals surface area (Å²) < 4.78 is 32.6. The van der Waals surface area contributed by atoms with Crippen LogP contribution < -0.4 is 5.32 Å². The first kappa shape index (κ1) is 16.4. The Hall–Kier alpha value is -0.960. The number of hydrogen-bond donors (Lipinski definition) is 2. The van der Waals surface area contributed by atoms with Crippen LogP contribution in [-0.4, -0.2) is 54.3 Å². The van der Waals surface area contributed by atoms with Gasteiger partial charge in [-0.15, -0.1) is 0 Å². The first-order chi connectivity index (χ1) is 9.80. The first-order valence-corrected chi connectivity index (χ1v) is 8.66. The predicted molar refractivity (Wildman–Crippen MR) is 79.3 cm³/mol. The second-order valence-corrected chi connectivity index (χ2v) is 7.71. The molecule has 1 aliphatic rings. The van der Waals surface area contributed by atoms with E-state index >= 15 is 0 Å². The molecule has 120 valence electrons. The lowest BCUT2D eigenvalue weighted by atomic mass is 10.3. The monoisotopic (exact) mass is 316 g/mol. The number of aromatic nitrogens is 2.